The van der Waals surface area contributed by atoms with Crippen LogP contribution >= 0.6 is 0 Å². The summed E-state index contributed by atoms with van der Waals surface area (Å²) >= 11 is 0. The number of likely N-dealkylation sites (tertiary alicyclic amines) is 1. The van der Waals surface area contributed by atoms with Crippen LogP contribution in [0.2, 0.25) is 0 Å². The van der Waals surface area contributed by atoms with Gasteiger partial charge < -0.3 is 29.0 Å². The molecule has 4 rings (SSSR count). The Morgan fingerprint density at radius 3 is 2.55 bits per heavy atom. The number of benzene rings is 2. The molecular formula is C23H23NO7. The van der Waals surface area contributed by atoms with Crippen LogP contribution in [0.25, 0.3) is 5.76 Å². The van der Waals surface area contributed by atoms with Gasteiger partial charge in [-0.25, -0.2) is 0 Å². The molecule has 1 unspecified atom stereocenters. The summed E-state index contributed by atoms with van der Waals surface area (Å²) in [5.74, 6) is 0.320. The van der Waals surface area contributed by atoms with E-state index in [0.717, 1.165) is 0 Å². The van der Waals surface area contributed by atoms with E-state index in [9.17, 15) is 14.7 Å². The van der Waals surface area contributed by atoms with Crippen molar-refractivity contribution in [2.75, 3.05) is 34.0 Å². The van der Waals surface area contributed by atoms with E-state index in [4.69, 9.17) is 18.9 Å². The van der Waals surface area contributed by atoms with Gasteiger partial charge in [-0.2, -0.15) is 0 Å². The van der Waals surface area contributed by atoms with Crippen molar-refractivity contribution in [1.29, 1.82) is 0 Å². The number of carbonyl (C=O) groups excluding carboxylic acids is 2. The summed E-state index contributed by atoms with van der Waals surface area (Å²) < 4.78 is 22.0. The Morgan fingerprint density at radius 2 is 1.84 bits per heavy atom. The van der Waals surface area contributed by atoms with Crippen molar-refractivity contribution in [3.63, 3.8) is 0 Å². The highest BCUT2D eigenvalue weighted by Gasteiger charge is 2.44. The highest BCUT2D eigenvalue weighted by Crippen LogP contribution is 2.42. The second kappa shape index (κ2) is 8.22. The number of fused-ring (bicyclic) bond motifs is 1. The van der Waals surface area contributed by atoms with E-state index in [1.54, 1.807) is 36.4 Å². The first-order chi connectivity index (χ1) is 15.0. The SMILES string of the molecule is CCOc1ccc(C2/C(=C(\O)c3ccc4c(c3)OCCO4)C(=O)C(=O)N2C)cc1OC. The van der Waals surface area contributed by atoms with Crippen molar-refractivity contribution in [2.45, 2.75) is 13.0 Å². The van der Waals surface area contributed by atoms with Crippen molar-refractivity contribution in [3.05, 3.63) is 53.1 Å². The first kappa shape index (κ1) is 20.6. The fourth-order valence-electron chi connectivity index (χ4n) is 3.81. The number of amides is 1. The zero-order chi connectivity index (χ0) is 22.1. The summed E-state index contributed by atoms with van der Waals surface area (Å²) in [4.78, 5) is 26.6. The second-order valence-electron chi connectivity index (χ2n) is 7.11. The minimum Gasteiger partial charge on any atom is -0.507 e. The maximum Gasteiger partial charge on any atom is 0.295 e. The van der Waals surface area contributed by atoms with Crippen molar-refractivity contribution >= 4 is 17.4 Å². The number of rotatable bonds is 5. The zero-order valence-corrected chi connectivity index (χ0v) is 17.5. The van der Waals surface area contributed by atoms with Crippen LogP contribution < -0.4 is 18.9 Å². The Balaban J connectivity index is 1.81. The topological polar surface area (TPSA) is 94.5 Å². The summed E-state index contributed by atoms with van der Waals surface area (Å²) in [5, 5.41) is 11.1. The predicted molar refractivity (Wildman–Crippen MR) is 112 cm³/mol. The Labute approximate surface area is 179 Å². The van der Waals surface area contributed by atoms with Gasteiger partial charge in [0.2, 0.25) is 0 Å². The molecule has 2 aliphatic heterocycles. The molecule has 1 amide bonds. The van der Waals surface area contributed by atoms with Crippen molar-refractivity contribution in [1.82, 2.24) is 4.90 Å². The van der Waals surface area contributed by atoms with Gasteiger partial charge in [-0.15, -0.1) is 0 Å². The van der Waals surface area contributed by atoms with Crippen LogP contribution in [-0.2, 0) is 9.59 Å². The van der Waals surface area contributed by atoms with Gasteiger partial charge in [0.15, 0.2) is 23.0 Å². The lowest BCUT2D eigenvalue weighted by atomic mass is 9.95. The molecule has 31 heavy (non-hydrogen) atoms. The lowest BCUT2D eigenvalue weighted by molar-refractivity contribution is -0.139. The third-order valence-electron chi connectivity index (χ3n) is 5.29. The molecule has 1 fully saturated rings. The molecule has 1 N–H and O–H groups in total. The second-order valence-corrected chi connectivity index (χ2v) is 7.11. The number of carbonyl (C=O) groups is 2. The zero-order valence-electron chi connectivity index (χ0n) is 17.5. The van der Waals surface area contributed by atoms with Crippen LogP contribution in [0, 0.1) is 0 Å². The maximum atomic E-state index is 12.8. The molecule has 2 heterocycles. The van der Waals surface area contributed by atoms with Gasteiger partial charge in [-0.1, -0.05) is 6.07 Å². The van der Waals surface area contributed by atoms with E-state index in [0.29, 0.717) is 53.9 Å². The Hall–Kier alpha value is -3.68. The van der Waals surface area contributed by atoms with E-state index >= 15 is 0 Å². The van der Waals surface area contributed by atoms with E-state index in [1.807, 2.05) is 6.92 Å². The fraction of sp³-hybridized carbons (Fsp3) is 0.304. The van der Waals surface area contributed by atoms with Gasteiger partial charge in [0.25, 0.3) is 11.7 Å². The number of Topliss-reactive ketones (excluding diaryl/α,β-unsaturated/α-hetero) is 1. The highest BCUT2D eigenvalue weighted by molar-refractivity contribution is 6.46. The molecule has 2 aromatic rings. The Morgan fingerprint density at radius 1 is 1.10 bits per heavy atom. The number of ketones is 1. The number of likely N-dealkylation sites (N-methyl/N-ethyl adjacent to an activating group) is 1. The third kappa shape index (κ3) is 3.54. The molecule has 0 saturated carbocycles. The molecule has 8 nitrogen and oxygen atoms in total. The first-order valence-electron chi connectivity index (χ1n) is 9.91. The normalized spacial score (nSPS) is 19.5. The molecule has 1 saturated heterocycles. The van der Waals surface area contributed by atoms with Crippen molar-refractivity contribution in [3.8, 4) is 23.0 Å². The summed E-state index contributed by atoms with van der Waals surface area (Å²) in [6, 6.07) is 9.28. The van der Waals surface area contributed by atoms with E-state index in [-0.39, 0.29) is 11.3 Å². The Bertz CT molecular complexity index is 1080. The van der Waals surface area contributed by atoms with Crippen LogP contribution in [0.1, 0.15) is 24.1 Å². The van der Waals surface area contributed by atoms with E-state index in [1.165, 1.54) is 19.1 Å². The van der Waals surface area contributed by atoms with Gasteiger partial charge in [-0.3, -0.25) is 9.59 Å². The van der Waals surface area contributed by atoms with Gasteiger partial charge in [0.05, 0.1) is 25.3 Å². The number of nitrogens with zero attached hydrogens (tertiary/aromatic N) is 1. The molecule has 2 aliphatic rings. The Kier molecular flexibility index (Phi) is 5.46. The minimum atomic E-state index is -0.780. The number of methoxy groups -OCH3 is 1. The van der Waals surface area contributed by atoms with Crippen molar-refractivity contribution in [2.24, 2.45) is 0 Å². The van der Waals surface area contributed by atoms with Crippen LogP contribution in [0.5, 0.6) is 23.0 Å². The van der Waals surface area contributed by atoms with Crippen LogP contribution in [0.4, 0.5) is 0 Å². The summed E-state index contributed by atoms with van der Waals surface area (Å²) in [6.45, 7) is 3.16. The minimum absolute atomic E-state index is 0.00427. The van der Waals surface area contributed by atoms with Gasteiger partial charge in [0, 0.05) is 12.6 Å². The highest BCUT2D eigenvalue weighted by atomic mass is 16.6. The standard InChI is InChI=1S/C23H23NO7/c1-4-29-15-7-5-13(11-17(15)28-3)20-19(22(26)23(27)24(20)2)21(25)14-6-8-16-18(12-14)31-10-9-30-16/h5-8,11-12,20,25H,4,9-10H2,1-3H3/b21-19+. The number of aliphatic hydroxyl groups excluding tert-OH is 1. The molecule has 0 bridgehead atoms. The molecule has 0 radical (unpaired) electrons. The van der Waals surface area contributed by atoms with Gasteiger partial charge in [-0.05, 0) is 42.8 Å². The molecule has 1 atom stereocenters. The third-order valence-corrected chi connectivity index (χ3v) is 5.29. The lowest BCUT2D eigenvalue weighted by Gasteiger charge is -2.22. The summed E-state index contributed by atoms with van der Waals surface area (Å²) in [5.41, 5.74) is 0.968. The van der Waals surface area contributed by atoms with Gasteiger partial charge in [0.1, 0.15) is 19.0 Å². The lowest BCUT2D eigenvalue weighted by Crippen LogP contribution is -2.24. The largest absolute Gasteiger partial charge is 0.507 e. The monoisotopic (exact) mass is 425 g/mol. The summed E-state index contributed by atoms with van der Waals surface area (Å²) in [6.07, 6.45) is 0. The van der Waals surface area contributed by atoms with Crippen molar-refractivity contribution < 1.29 is 33.6 Å². The number of aliphatic hydroxyl groups is 1. The first-order valence-corrected chi connectivity index (χ1v) is 9.91. The van der Waals surface area contributed by atoms with Crippen LogP contribution in [0.15, 0.2) is 42.0 Å². The number of ether oxygens (including phenoxy) is 4. The average Bonchev–Trinajstić information content (AvgIpc) is 3.02. The maximum absolute atomic E-state index is 12.8. The van der Waals surface area contributed by atoms with Crippen LogP contribution in [-0.4, -0.2) is 55.7 Å². The van der Waals surface area contributed by atoms with E-state index < -0.39 is 17.7 Å². The predicted octanol–water partition coefficient (Wildman–Crippen LogP) is 2.92. The molecule has 162 valence electrons. The molecule has 8 heteroatoms. The van der Waals surface area contributed by atoms with E-state index in [2.05, 4.69) is 0 Å². The smallest absolute Gasteiger partial charge is 0.295 e. The van der Waals surface area contributed by atoms with Crippen LogP contribution in [0.3, 0.4) is 0 Å². The number of hydrogen-bond acceptors (Lipinski definition) is 7. The number of hydrogen-bond donors (Lipinski definition) is 1. The quantitative estimate of drug-likeness (QED) is 0.447. The summed E-state index contributed by atoms with van der Waals surface area (Å²) in [7, 11) is 3.04. The molecule has 0 aromatic heterocycles. The molecule has 0 aliphatic carbocycles. The van der Waals surface area contributed by atoms with Gasteiger partial charge >= 0.3 is 0 Å². The molecule has 0 spiro atoms. The molecule has 2 aromatic carbocycles. The molecular weight excluding hydrogens is 402 g/mol. The fourth-order valence-corrected chi connectivity index (χ4v) is 3.81. The average molecular weight is 425 g/mol.